The van der Waals surface area contributed by atoms with E-state index in [1.807, 2.05) is 35.2 Å². The van der Waals surface area contributed by atoms with Gasteiger partial charge in [-0.25, -0.2) is 0 Å². The van der Waals surface area contributed by atoms with Gasteiger partial charge < -0.3 is 14.8 Å². The fourth-order valence-corrected chi connectivity index (χ4v) is 4.48. The van der Waals surface area contributed by atoms with E-state index in [9.17, 15) is 4.79 Å². The summed E-state index contributed by atoms with van der Waals surface area (Å²) in [5, 5.41) is 5.91. The van der Waals surface area contributed by atoms with Crippen molar-refractivity contribution in [2.45, 2.75) is 31.8 Å². The average Bonchev–Trinajstić information content (AvgIpc) is 3.36. The highest BCUT2D eigenvalue weighted by Gasteiger charge is 2.27. The minimum atomic E-state index is 0.0463. The zero-order valence-electron chi connectivity index (χ0n) is 16.5. The van der Waals surface area contributed by atoms with Gasteiger partial charge in [0.1, 0.15) is 13.5 Å². The fraction of sp³-hybridized carbons (Fsp3) is 0.364. The maximum atomic E-state index is 13.0. The van der Waals surface area contributed by atoms with Crippen molar-refractivity contribution in [2.75, 3.05) is 19.6 Å². The summed E-state index contributed by atoms with van der Waals surface area (Å²) in [6, 6.07) is 12.1. The van der Waals surface area contributed by atoms with Crippen LogP contribution in [0.4, 0.5) is 0 Å². The Morgan fingerprint density at radius 2 is 1.90 bits per heavy atom. The first kappa shape index (κ1) is 18.1. The minimum Gasteiger partial charge on any atom is -0.385 e. The predicted octanol–water partition coefficient (Wildman–Crippen LogP) is 2.84. The number of nitrogens with one attached hydrogen (secondary N) is 1. The molecule has 2 aliphatic heterocycles. The summed E-state index contributed by atoms with van der Waals surface area (Å²) in [5.74, 6) is 0.492. The minimum absolute atomic E-state index is 0.0463. The highest BCUT2D eigenvalue weighted by molar-refractivity contribution is 6.20. The zero-order chi connectivity index (χ0) is 20.0. The number of piperidine rings is 1. The molecule has 3 aromatic rings. The number of likely N-dealkylation sites (tertiary alicyclic amines) is 1. The van der Waals surface area contributed by atoms with E-state index in [0.717, 1.165) is 54.8 Å². The maximum absolute atomic E-state index is 13.0. The molecule has 0 aliphatic carbocycles. The first-order chi connectivity index (χ1) is 14.1. The molecule has 7 heteroatoms. The number of carbonyl (C=O) groups is 1. The quantitative estimate of drug-likeness (QED) is 0.706. The van der Waals surface area contributed by atoms with Crippen LogP contribution in [-0.2, 0) is 13.1 Å². The molecule has 1 saturated heterocycles. The monoisotopic (exact) mass is 385 g/mol. The number of H-pyrrole nitrogens is 1. The lowest BCUT2D eigenvalue weighted by atomic mass is 9.91. The number of benzene rings is 1. The second-order valence-electron chi connectivity index (χ2n) is 8.03. The van der Waals surface area contributed by atoms with Crippen molar-refractivity contribution in [3.63, 3.8) is 0 Å². The summed E-state index contributed by atoms with van der Waals surface area (Å²) in [7, 11) is 5.82. The van der Waals surface area contributed by atoms with Crippen molar-refractivity contribution in [3.05, 3.63) is 65.7 Å². The van der Waals surface area contributed by atoms with E-state index in [2.05, 4.69) is 27.2 Å². The van der Waals surface area contributed by atoms with Gasteiger partial charge in [0.15, 0.2) is 0 Å². The predicted molar refractivity (Wildman–Crippen MR) is 114 cm³/mol. The Morgan fingerprint density at radius 3 is 2.66 bits per heavy atom. The largest absolute Gasteiger partial charge is 0.385 e. The van der Waals surface area contributed by atoms with Gasteiger partial charge in [0.2, 0.25) is 0 Å². The molecule has 2 aliphatic rings. The molecule has 0 atom stereocenters. The van der Waals surface area contributed by atoms with Crippen molar-refractivity contribution < 1.29 is 4.79 Å². The van der Waals surface area contributed by atoms with Crippen LogP contribution in [0.15, 0.2) is 48.6 Å². The van der Waals surface area contributed by atoms with Gasteiger partial charge in [-0.1, -0.05) is 24.8 Å². The van der Waals surface area contributed by atoms with Crippen molar-refractivity contribution in [3.8, 4) is 0 Å². The molecule has 1 N–H and O–H groups in total. The van der Waals surface area contributed by atoms with Crippen LogP contribution in [0.5, 0.6) is 0 Å². The van der Waals surface area contributed by atoms with E-state index in [1.54, 1.807) is 0 Å². The molecule has 0 unspecified atom stereocenters. The molecule has 1 amide bonds. The summed E-state index contributed by atoms with van der Waals surface area (Å²) in [4.78, 5) is 20.3. The van der Waals surface area contributed by atoms with Gasteiger partial charge in [-0.3, -0.25) is 9.48 Å². The highest BCUT2D eigenvalue weighted by atomic mass is 16.2. The Hall–Kier alpha value is -2.96. The van der Waals surface area contributed by atoms with E-state index in [-0.39, 0.29) is 5.91 Å². The molecule has 146 valence electrons. The third-order valence-electron chi connectivity index (χ3n) is 6.18. The van der Waals surface area contributed by atoms with Crippen LogP contribution < -0.4 is 0 Å². The summed E-state index contributed by atoms with van der Waals surface area (Å²) in [5.41, 5.74) is 4.54. The molecule has 4 heterocycles. The average molecular weight is 385 g/mol. The van der Waals surface area contributed by atoms with Gasteiger partial charge in [-0.05, 0) is 36.6 Å². The molecular weight excluding hydrogens is 361 g/mol. The summed E-state index contributed by atoms with van der Waals surface area (Å²) >= 11 is 0. The second-order valence-corrected chi connectivity index (χ2v) is 8.03. The molecule has 0 bridgehead atoms. The Bertz CT molecular complexity index is 1040. The van der Waals surface area contributed by atoms with E-state index in [0.29, 0.717) is 30.3 Å². The van der Waals surface area contributed by atoms with E-state index in [4.69, 9.17) is 12.9 Å². The third-order valence-corrected chi connectivity index (χ3v) is 6.18. The molecule has 1 aromatic carbocycles. The van der Waals surface area contributed by atoms with Crippen molar-refractivity contribution in [1.29, 1.82) is 0 Å². The van der Waals surface area contributed by atoms with Crippen molar-refractivity contribution >= 4 is 24.7 Å². The molecule has 29 heavy (non-hydrogen) atoms. The number of fused-ring (bicyclic) bond motifs is 2. The Labute approximate surface area is 171 Å². The zero-order valence-corrected chi connectivity index (χ0v) is 16.5. The smallest absolute Gasteiger partial charge is 0.270 e. The Morgan fingerprint density at radius 1 is 1.10 bits per heavy atom. The molecule has 6 nitrogen and oxygen atoms in total. The van der Waals surface area contributed by atoms with Crippen LogP contribution in [0.1, 0.15) is 40.6 Å². The maximum Gasteiger partial charge on any atom is 0.270 e. The van der Waals surface area contributed by atoms with Crippen LogP contribution in [0, 0.1) is 0 Å². The number of aromatic nitrogens is 3. The standard InChI is InChI=1S/C22H24BN5O/c1-15(23)26-8-6-16(7-9-26)20-13-18-14-27(10-11-28(18)25-20)22(29)21-12-17-4-2-3-5-19(17)24-21/h2-5,12-13,16,24H,1,6-11,14H2. The summed E-state index contributed by atoms with van der Waals surface area (Å²) in [6.07, 6.45) is 2.06. The van der Waals surface area contributed by atoms with Gasteiger partial charge in [-0.2, -0.15) is 5.10 Å². The lowest BCUT2D eigenvalue weighted by Crippen LogP contribution is -2.38. The number of nitrogens with zero attached hydrogens (tertiary/aromatic N) is 4. The second kappa shape index (κ2) is 7.14. The van der Waals surface area contributed by atoms with E-state index >= 15 is 0 Å². The molecule has 5 rings (SSSR count). The van der Waals surface area contributed by atoms with Gasteiger partial charge in [0, 0.05) is 36.5 Å². The highest BCUT2D eigenvalue weighted by Crippen LogP contribution is 2.30. The van der Waals surface area contributed by atoms with Crippen LogP contribution in [0.25, 0.3) is 10.9 Å². The number of carbonyl (C=O) groups excluding carboxylic acids is 1. The van der Waals surface area contributed by atoms with Crippen LogP contribution in [0.3, 0.4) is 0 Å². The first-order valence-corrected chi connectivity index (χ1v) is 10.2. The summed E-state index contributed by atoms with van der Waals surface area (Å²) < 4.78 is 2.07. The van der Waals surface area contributed by atoms with Gasteiger partial charge in [-0.15, -0.1) is 0 Å². The number of amides is 1. The normalized spacial score (nSPS) is 17.5. The summed E-state index contributed by atoms with van der Waals surface area (Å²) in [6.45, 7) is 7.69. The van der Waals surface area contributed by atoms with Crippen molar-refractivity contribution in [1.82, 2.24) is 24.6 Å². The van der Waals surface area contributed by atoms with E-state index < -0.39 is 0 Å². The van der Waals surface area contributed by atoms with Gasteiger partial charge >= 0.3 is 0 Å². The van der Waals surface area contributed by atoms with Crippen molar-refractivity contribution in [2.24, 2.45) is 0 Å². The molecule has 2 radical (unpaired) electrons. The Kier molecular flexibility index (Phi) is 4.45. The molecule has 0 saturated carbocycles. The van der Waals surface area contributed by atoms with Crippen LogP contribution in [-0.4, -0.2) is 58.0 Å². The van der Waals surface area contributed by atoms with Crippen LogP contribution >= 0.6 is 0 Å². The fourth-order valence-electron chi connectivity index (χ4n) is 4.48. The number of rotatable bonds is 3. The molecular formula is C22H24BN5O. The Balaban J connectivity index is 1.30. The van der Waals surface area contributed by atoms with Crippen LogP contribution in [0.2, 0.25) is 0 Å². The number of para-hydroxylation sites is 1. The van der Waals surface area contributed by atoms with Gasteiger partial charge in [0.25, 0.3) is 5.91 Å². The van der Waals surface area contributed by atoms with E-state index in [1.165, 1.54) is 0 Å². The third kappa shape index (κ3) is 3.35. The SMILES string of the molecule is [B]C(=C)N1CCC(c2cc3n(n2)CCN(C(=O)c2cc4ccccc4[nH]2)C3)CC1. The molecule has 2 aromatic heterocycles. The first-order valence-electron chi connectivity index (χ1n) is 10.2. The topological polar surface area (TPSA) is 57.2 Å². The molecule has 1 fully saturated rings. The molecule has 0 spiro atoms. The number of hydrogen-bond acceptors (Lipinski definition) is 3. The lowest BCUT2D eigenvalue weighted by molar-refractivity contribution is 0.0701. The van der Waals surface area contributed by atoms with Gasteiger partial charge in [0.05, 0.1) is 24.5 Å². The number of hydrogen-bond donors (Lipinski definition) is 1. The number of aromatic amines is 1. The lowest BCUT2D eigenvalue weighted by Gasteiger charge is -2.33.